The Hall–Kier alpha value is -1.06. The van der Waals surface area contributed by atoms with Crippen LogP contribution in [0.4, 0.5) is 10.1 Å². The number of halogens is 2. The Morgan fingerprint density at radius 1 is 1.25 bits per heavy atom. The quantitative estimate of drug-likeness (QED) is 0.779. The third-order valence-electron chi connectivity index (χ3n) is 3.75. The SMILES string of the molecule is CC(Nc1ccc(F)cc1Cl)c1cc2c(s1)CCCC2. The fourth-order valence-corrected chi connectivity index (χ4v) is 4.12. The van der Waals surface area contributed by atoms with Gasteiger partial charge >= 0.3 is 0 Å². The molecule has 4 heteroatoms. The van der Waals surface area contributed by atoms with E-state index < -0.39 is 0 Å². The van der Waals surface area contributed by atoms with E-state index in [1.165, 1.54) is 53.1 Å². The molecular formula is C16H17ClFNS. The van der Waals surface area contributed by atoms with Crippen molar-refractivity contribution in [3.8, 4) is 0 Å². The molecule has 106 valence electrons. The molecule has 1 aliphatic rings. The lowest BCUT2D eigenvalue weighted by atomic mass is 9.99. The molecule has 1 heterocycles. The lowest BCUT2D eigenvalue weighted by Gasteiger charge is -2.15. The van der Waals surface area contributed by atoms with Crippen LogP contribution in [0.15, 0.2) is 24.3 Å². The van der Waals surface area contributed by atoms with Crippen molar-refractivity contribution in [2.45, 2.75) is 38.6 Å². The van der Waals surface area contributed by atoms with E-state index in [-0.39, 0.29) is 11.9 Å². The highest BCUT2D eigenvalue weighted by molar-refractivity contribution is 7.12. The summed E-state index contributed by atoms with van der Waals surface area (Å²) >= 11 is 7.96. The average Bonchev–Trinajstić information content (AvgIpc) is 2.86. The number of fused-ring (bicyclic) bond motifs is 1. The highest BCUT2D eigenvalue weighted by atomic mass is 35.5. The van der Waals surface area contributed by atoms with E-state index in [0.717, 1.165) is 5.69 Å². The second-order valence-electron chi connectivity index (χ2n) is 5.29. The molecule has 0 saturated carbocycles. The molecule has 1 aliphatic carbocycles. The summed E-state index contributed by atoms with van der Waals surface area (Å²) in [6, 6.07) is 6.97. The predicted octanol–water partition coefficient (Wildman–Crippen LogP) is 5.59. The van der Waals surface area contributed by atoms with Gasteiger partial charge in [0.25, 0.3) is 0 Å². The summed E-state index contributed by atoms with van der Waals surface area (Å²) in [5.74, 6) is -0.306. The molecule has 0 amide bonds. The van der Waals surface area contributed by atoms with Crippen molar-refractivity contribution in [3.63, 3.8) is 0 Å². The van der Waals surface area contributed by atoms with Crippen molar-refractivity contribution in [1.82, 2.24) is 0 Å². The second kappa shape index (κ2) is 5.74. The monoisotopic (exact) mass is 309 g/mol. The number of rotatable bonds is 3. The number of anilines is 1. The van der Waals surface area contributed by atoms with Gasteiger partial charge in [-0.05, 0) is 62.4 Å². The minimum Gasteiger partial charge on any atom is -0.376 e. The van der Waals surface area contributed by atoms with Gasteiger partial charge in [0.15, 0.2) is 0 Å². The molecule has 1 nitrogen and oxygen atoms in total. The van der Waals surface area contributed by atoms with Gasteiger partial charge in [-0.15, -0.1) is 11.3 Å². The second-order valence-corrected chi connectivity index (χ2v) is 6.87. The zero-order chi connectivity index (χ0) is 14.1. The van der Waals surface area contributed by atoms with Gasteiger partial charge in [0.2, 0.25) is 0 Å². The Morgan fingerprint density at radius 2 is 2.05 bits per heavy atom. The standard InChI is InChI=1S/C16H17ClFNS/c1-10(19-14-7-6-12(18)9-13(14)17)16-8-11-4-2-3-5-15(11)20-16/h6-10,19H,2-5H2,1H3. The maximum Gasteiger partial charge on any atom is 0.124 e. The van der Waals surface area contributed by atoms with Gasteiger partial charge in [0, 0.05) is 9.75 Å². The summed E-state index contributed by atoms with van der Waals surface area (Å²) in [5, 5.41) is 3.80. The Labute approximate surface area is 127 Å². The molecule has 1 N–H and O–H groups in total. The number of benzene rings is 1. The van der Waals surface area contributed by atoms with Gasteiger partial charge < -0.3 is 5.32 Å². The van der Waals surface area contributed by atoms with E-state index in [9.17, 15) is 4.39 Å². The molecule has 1 aromatic carbocycles. The summed E-state index contributed by atoms with van der Waals surface area (Å²) < 4.78 is 13.1. The van der Waals surface area contributed by atoms with E-state index in [0.29, 0.717) is 5.02 Å². The highest BCUT2D eigenvalue weighted by Gasteiger charge is 2.17. The van der Waals surface area contributed by atoms with Crippen molar-refractivity contribution in [1.29, 1.82) is 0 Å². The predicted molar refractivity (Wildman–Crippen MR) is 84.4 cm³/mol. The van der Waals surface area contributed by atoms with E-state index in [2.05, 4.69) is 18.3 Å². The third kappa shape index (κ3) is 2.84. The van der Waals surface area contributed by atoms with Crippen molar-refractivity contribution >= 4 is 28.6 Å². The van der Waals surface area contributed by atoms with Crippen LogP contribution in [0, 0.1) is 5.82 Å². The summed E-state index contributed by atoms with van der Waals surface area (Å²) in [6.45, 7) is 2.12. The van der Waals surface area contributed by atoms with E-state index in [1.54, 1.807) is 6.07 Å². The molecule has 2 aromatic rings. The zero-order valence-electron chi connectivity index (χ0n) is 11.4. The van der Waals surface area contributed by atoms with Crippen molar-refractivity contribution < 1.29 is 4.39 Å². The Bertz CT molecular complexity index is 599. The zero-order valence-corrected chi connectivity index (χ0v) is 13.0. The molecule has 1 atom stereocenters. The lowest BCUT2D eigenvalue weighted by Crippen LogP contribution is -2.05. The first-order valence-corrected chi connectivity index (χ1v) is 8.16. The third-order valence-corrected chi connectivity index (χ3v) is 5.48. The topological polar surface area (TPSA) is 12.0 Å². The van der Waals surface area contributed by atoms with Gasteiger partial charge in [0.1, 0.15) is 5.82 Å². The van der Waals surface area contributed by atoms with Crippen LogP contribution in [0.25, 0.3) is 0 Å². The van der Waals surface area contributed by atoms with E-state index in [1.807, 2.05) is 11.3 Å². The smallest absolute Gasteiger partial charge is 0.124 e. The molecule has 0 radical (unpaired) electrons. The van der Waals surface area contributed by atoms with Crippen LogP contribution in [0.1, 0.15) is 41.1 Å². The van der Waals surface area contributed by atoms with Crippen LogP contribution in [-0.4, -0.2) is 0 Å². The number of aryl methyl sites for hydroxylation is 2. The first-order valence-electron chi connectivity index (χ1n) is 6.96. The maximum atomic E-state index is 13.1. The molecule has 3 rings (SSSR count). The molecule has 0 fully saturated rings. The van der Waals surface area contributed by atoms with Crippen LogP contribution in [-0.2, 0) is 12.8 Å². The van der Waals surface area contributed by atoms with Gasteiger partial charge in [0.05, 0.1) is 16.8 Å². The van der Waals surface area contributed by atoms with Crippen LogP contribution in [0.3, 0.4) is 0 Å². The molecule has 0 saturated heterocycles. The molecular weight excluding hydrogens is 293 g/mol. The molecule has 1 aromatic heterocycles. The summed E-state index contributed by atoms with van der Waals surface area (Å²) in [7, 11) is 0. The van der Waals surface area contributed by atoms with Crippen LogP contribution < -0.4 is 5.32 Å². The average molecular weight is 310 g/mol. The van der Waals surface area contributed by atoms with Crippen LogP contribution in [0.5, 0.6) is 0 Å². The summed E-state index contributed by atoms with van der Waals surface area (Å²) in [4.78, 5) is 2.86. The summed E-state index contributed by atoms with van der Waals surface area (Å²) in [5.41, 5.74) is 2.29. The number of hydrogen-bond acceptors (Lipinski definition) is 2. The van der Waals surface area contributed by atoms with Gasteiger partial charge in [-0.1, -0.05) is 11.6 Å². The molecule has 0 aliphatic heterocycles. The number of thiophene rings is 1. The molecule has 1 unspecified atom stereocenters. The first-order chi connectivity index (χ1) is 9.63. The number of hydrogen-bond donors (Lipinski definition) is 1. The lowest BCUT2D eigenvalue weighted by molar-refractivity contribution is 0.628. The molecule has 0 bridgehead atoms. The Kier molecular flexibility index (Phi) is 3.99. The Balaban J connectivity index is 1.78. The maximum absolute atomic E-state index is 13.1. The minimum absolute atomic E-state index is 0.188. The van der Waals surface area contributed by atoms with E-state index >= 15 is 0 Å². The van der Waals surface area contributed by atoms with Crippen molar-refractivity contribution in [2.24, 2.45) is 0 Å². The first kappa shape index (κ1) is 13.9. The van der Waals surface area contributed by atoms with Crippen LogP contribution in [0.2, 0.25) is 5.02 Å². The van der Waals surface area contributed by atoms with Crippen molar-refractivity contribution in [2.75, 3.05) is 5.32 Å². The summed E-state index contributed by atoms with van der Waals surface area (Å²) in [6.07, 6.45) is 5.02. The number of nitrogens with one attached hydrogen (secondary N) is 1. The van der Waals surface area contributed by atoms with Crippen molar-refractivity contribution in [3.05, 3.63) is 50.4 Å². The Morgan fingerprint density at radius 3 is 2.80 bits per heavy atom. The fraction of sp³-hybridized carbons (Fsp3) is 0.375. The molecule has 0 spiro atoms. The van der Waals surface area contributed by atoms with E-state index in [4.69, 9.17) is 11.6 Å². The van der Waals surface area contributed by atoms with Crippen LogP contribution >= 0.6 is 22.9 Å². The van der Waals surface area contributed by atoms with Gasteiger partial charge in [-0.3, -0.25) is 0 Å². The van der Waals surface area contributed by atoms with Gasteiger partial charge in [-0.25, -0.2) is 4.39 Å². The fourth-order valence-electron chi connectivity index (χ4n) is 2.64. The highest BCUT2D eigenvalue weighted by Crippen LogP contribution is 2.35. The largest absolute Gasteiger partial charge is 0.376 e. The minimum atomic E-state index is -0.306. The van der Waals surface area contributed by atoms with Gasteiger partial charge in [-0.2, -0.15) is 0 Å². The molecule has 20 heavy (non-hydrogen) atoms. The normalized spacial score (nSPS) is 15.8.